The molecule has 0 atom stereocenters. The van der Waals surface area contributed by atoms with Crippen molar-refractivity contribution in [1.82, 2.24) is 10.9 Å². The highest BCUT2D eigenvalue weighted by molar-refractivity contribution is 5.96. The van der Waals surface area contributed by atoms with Gasteiger partial charge in [-0.3, -0.25) is 20.4 Å². The standard InChI is InChI=1S/C13H13N3O2/c1-9-2-4-10(5-3-9)11(17)15-16-12(18)13(8-14)6-7-13/h2-5H,6-7H2,1H3,(H,15,17)(H,16,18). The molecule has 18 heavy (non-hydrogen) atoms. The van der Waals surface area contributed by atoms with Crippen LogP contribution in [0.1, 0.15) is 28.8 Å². The van der Waals surface area contributed by atoms with Gasteiger partial charge in [0.25, 0.3) is 11.8 Å². The molecule has 5 nitrogen and oxygen atoms in total. The number of rotatable bonds is 2. The Morgan fingerprint density at radius 1 is 1.22 bits per heavy atom. The highest BCUT2D eigenvalue weighted by Crippen LogP contribution is 2.44. The number of nitrogens with zero attached hydrogens (tertiary/aromatic N) is 1. The predicted octanol–water partition coefficient (Wildman–Crippen LogP) is 1.06. The zero-order valence-corrected chi connectivity index (χ0v) is 9.99. The highest BCUT2D eigenvalue weighted by atomic mass is 16.2. The van der Waals surface area contributed by atoms with Gasteiger partial charge in [-0.2, -0.15) is 5.26 Å². The summed E-state index contributed by atoms with van der Waals surface area (Å²) in [4.78, 5) is 23.3. The minimum atomic E-state index is -0.930. The first-order valence-corrected chi connectivity index (χ1v) is 5.66. The van der Waals surface area contributed by atoms with Crippen LogP contribution >= 0.6 is 0 Å². The number of carbonyl (C=O) groups is 2. The average molecular weight is 243 g/mol. The fourth-order valence-electron chi connectivity index (χ4n) is 1.52. The first-order valence-electron chi connectivity index (χ1n) is 5.66. The third-order valence-electron chi connectivity index (χ3n) is 3.00. The Hall–Kier alpha value is -2.35. The van der Waals surface area contributed by atoms with E-state index in [0.29, 0.717) is 18.4 Å². The molecule has 1 fully saturated rings. The summed E-state index contributed by atoms with van der Waals surface area (Å²) < 4.78 is 0. The second-order valence-corrected chi connectivity index (χ2v) is 4.47. The molecule has 0 saturated heterocycles. The molecule has 0 radical (unpaired) electrons. The van der Waals surface area contributed by atoms with Gasteiger partial charge in [0.1, 0.15) is 5.41 Å². The Kier molecular flexibility index (Phi) is 3.02. The van der Waals surface area contributed by atoms with Gasteiger partial charge in [0.15, 0.2) is 0 Å². The van der Waals surface area contributed by atoms with E-state index in [1.165, 1.54) is 0 Å². The van der Waals surface area contributed by atoms with Crippen molar-refractivity contribution < 1.29 is 9.59 Å². The lowest BCUT2D eigenvalue weighted by Gasteiger charge is -2.09. The van der Waals surface area contributed by atoms with Crippen LogP contribution in [0.5, 0.6) is 0 Å². The molecule has 1 aliphatic rings. The van der Waals surface area contributed by atoms with Crippen LogP contribution in [0.25, 0.3) is 0 Å². The monoisotopic (exact) mass is 243 g/mol. The number of aryl methyl sites for hydroxylation is 1. The van der Waals surface area contributed by atoms with Gasteiger partial charge < -0.3 is 0 Å². The third kappa shape index (κ3) is 2.33. The lowest BCUT2D eigenvalue weighted by Crippen LogP contribution is -2.45. The normalized spacial score (nSPS) is 15.3. The number of nitrogens with one attached hydrogen (secondary N) is 2. The van der Waals surface area contributed by atoms with Crippen molar-refractivity contribution in [2.24, 2.45) is 5.41 Å². The maximum Gasteiger partial charge on any atom is 0.269 e. The van der Waals surface area contributed by atoms with E-state index in [1.807, 2.05) is 25.1 Å². The van der Waals surface area contributed by atoms with Crippen molar-refractivity contribution in [3.8, 4) is 6.07 Å². The molecule has 0 unspecified atom stereocenters. The lowest BCUT2D eigenvalue weighted by molar-refractivity contribution is -0.125. The van der Waals surface area contributed by atoms with Crippen LogP contribution in [0.2, 0.25) is 0 Å². The second-order valence-electron chi connectivity index (χ2n) is 4.47. The van der Waals surface area contributed by atoms with Gasteiger partial charge in [-0.05, 0) is 31.9 Å². The zero-order valence-electron chi connectivity index (χ0n) is 9.99. The smallest absolute Gasteiger partial charge is 0.269 e. The van der Waals surface area contributed by atoms with Crippen LogP contribution in [0.15, 0.2) is 24.3 Å². The fourth-order valence-corrected chi connectivity index (χ4v) is 1.52. The van der Waals surface area contributed by atoms with Gasteiger partial charge in [0.2, 0.25) is 0 Å². The molecular formula is C13H13N3O2. The first kappa shape index (κ1) is 12.1. The number of nitriles is 1. The second kappa shape index (κ2) is 4.49. The van der Waals surface area contributed by atoms with Crippen LogP contribution < -0.4 is 10.9 Å². The number of carbonyl (C=O) groups excluding carboxylic acids is 2. The number of hydrogen-bond acceptors (Lipinski definition) is 3. The molecule has 1 aliphatic carbocycles. The Bertz CT molecular complexity index is 524. The van der Waals surface area contributed by atoms with Gasteiger partial charge in [0, 0.05) is 5.56 Å². The molecule has 1 saturated carbocycles. The van der Waals surface area contributed by atoms with Gasteiger partial charge in [-0.25, -0.2) is 0 Å². The Labute approximate surface area is 105 Å². The van der Waals surface area contributed by atoms with E-state index in [4.69, 9.17) is 5.26 Å². The Morgan fingerprint density at radius 3 is 2.33 bits per heavy atom. The topological polar surface area (TPSA) is 82.0 Å². The van der Waals surface area contributed by atoms with Crippen molar-refractivity contribution >= 4 is 11.8 Å². The number of hydrazine groups is 1. The van der Waals surface area contributed by atoms with Crippen LogP contribution in [0.3, 0.4) is 0 Å². The van der Waals surface area contributed by atoms with Crippen LogP contribution in [-0.2, 0) is 4.79 Å². The number of hydrogen-bond donors (Lipinski definition) is 2. The quantitative estimate of drug-likeness (QED) is 0.762. The van der Waals surface area contributed by atoms with E-state index in [9.17, 15) is 9.59 Å². The van der Waals surface area contributed by atoms with Gasteiger partial charge in [-0.15, -0.1) is 0 Å². The number of amides is 2. The van der Waals surface area contributed by atoms with Gasteiger partial charge >= 0.3 is 0 Å². The average Bonchev–Trinajstić information content (AvgIpc) is 3.17. The summed E-state index contributed by atoms with van der Waals surface area (Å²) in [7, 11) is 0. The van der Waals surface area contributed by atoms with E-state index in [0.717, 1.165) is 5.56 Å². The largest absolute Gasteiger partial charge is 0.271 e. The molecule has 92 valence electrons. The molecule has 0 bridgehead atoms. The van der Waals surface area contributed by atoms with Crippen LogP contribution in [0.4, 0.5) is 0 Å². The zero-order chi connectivity index (χ0) is 13.2. The summed E-state index contributed by atoms with van der Waals surface area (Å²) in [6.45, 7) is 1.92. The van der Waals surface area contributed by atoms with Crippen molar-refractivity contribution in [3.63, 3.8) is 0 Å². The Balaban J connectivity index is 1.91. The molecule has 0 aliphatic heterocycles. The first-order chi connectivity index (χ1) is 8.57. The van der Waals surface area contributed by atoms with E-state index in [2.05, 4.69) is 10.9 Å². The maximum atomic E-state index is 11.7. The van der Waals surface area contributed by atoms with E-state index in [-0.39, 0.29) is 0 Å². The number of benzene rings is 1. The maximum absolute atomic E-state index is 11.7. The molecule has 0 spiro atoms. The SMILES string of the molecule is Cc1ccc(C(=O)NNC(=O)C2(C#N)CC2)cc1. The van der Waals surface area contributed by atoms with Crippen molar-refractivity contribution in [2.75, 3.05) is 0 Å². The molecule has 1 aromatic rings. The van der Waals surface area contributed by atoms with Gasteiger partial charge in [-0.1, -0.05) is 17.7 Å². The van der Waals surface area contributed by atoms with E-state index in [1.54, 1.807) is 12.1 Å². The minimum absolute atomic E-state index is 0.392. The Morgan fingerprint density at radius 2 is 1.83 bits per heavy atom. The molecule has 0 aromatic heterocycles. The molecule has 2 rings (SSSR count). The molecule has 2 N–H and O–H groups in total. The van der Waals surface area contributed by atoms with Crippen LogP contribution in [-0.4, -0.2) is 11.8 Å². The van der Waals surface area contributed by atoms with Gasteiger partial charge in [0.05, 0.1) is 6.07 Å². The van der Waals surface area contributed by atoms with Crippen LogP contribution in [0, 0.1) is 23.7 Å². The lowest BCUT2D eigenvalue weighted by atomic mass is 10.1. The minimum Gasteiger partial charge on any atom is -0.271 e. The summed E-state index contributed by atoms with van der Waals surface area (Å²) in [5, 5.41) is 8.82. The highest BCUT2D eigenvalue weighted by Gasteiger charge is 2.50. The predicted molar refractivity (Wildman–Crippen MR) is 64.1 cm³/mol. The molecule has 5 heteroatoms. The molecular weight excluding hydrogens is 230 g/mol. The summed E-state index contributed by atoms with van der Waals surface area (Å²) in [5.74, 6) is -0.831. The van der Waals surface area contributed by atoms with E-state index < -0.39 is 17.2 Å². The van der Waals surface area contributed by atoms with Crippen molar-refractivity contribution in [2.45, 2.75) is 19.8 Å². The van der Waals surface area contributed by atoms with E-state index >= 15 is 0 Å². The van der Waals surface area contributed by atoms with Crippen molar-refractivity contribution in [3.05, 3.63) is 35.4 Å². The molecule has 1 aromatic carbocycles. The summed E-state index contributed by atoms with van der Waals surface area (Å²) >= 11 is 0. The van der Waals surface area contributed by atoms with Crippen molar-refractivity contribution in [1.29, 1.82) is 5.26 Å². The molecule has 0 heterocycles. The summed E-state index contributed by atoms with van der Waals surface area (Å²) in [5.41, 5.74) is 5.18. The summed E-state index contributed by atoms with van der Waals surface area (Å²) in [6, 6.07) is 8.94. The third-order valence-corrected chi connectivity index (χ3v) is 3.00. The fraction of sp³-hybridized carbons (Fsp3) is 0.308. The molecule has 2 amide bonds. The summed E-state index contributed by atoms with van der Waals surface area (Å²) in [6.07, 6.45) is 1.10.